The van der Waals surface area contributed by atoms with Crippen molar-refractivity contribution < 1.29 is 21.2 Å². The summed E-state index contributed by atoms with van der Waals surface area (Å²) in [6.07, 6.45) is 0. The van der Waals surface area contributed by atoms with Gasteiger partial charge in [-0.1, -0.05) is 37.0 Å². The Morgan fingerprint density at radius 3 is 2.15 bits per heavy atom. The van der Waals surface area contributed by atoms with E-state index in [-0.39, 0.29) is 38.6 Å². The molecule has 0 aliphatic heterocycles. The van der Waals surface area contributed by atoms with Crippen LogP contribution in [0, 0.1) is 5.82 Å². The third-order valence-electron chi connectivity index (χ3n) is 3.71. The highest BCUT2D eigenvalue weighted by Gasteiger charge is 2.25. The molecule has 11 heteroatoms. The molecule has 0 atom stereocenters. The molecule has 0 bridgehead atoms. The average Bonchev–Trinajstić information content (AvgIpc) is 2.59. The van der Waals surface area contributed by atoms with Gasteiger partial charge in [-0.3, -0.25) is 4.72 Å². The first kappa shape index (κ1) is 21.9. The molecule has 0 heterocycles. The van der Waals surface area contributed by atoms with Crippen LogP contribution < -0.4 is 4.72 Å². The van der Waals surface area contributed by atoms with E-state index in [9.17, 15) is 21.2 Å². The minimum Gasteiger partial charge on any atom is -0.280 e. The van der Waals surface area contributed by atoms with Crippen molar-refractivity contribution in [1.82, 2.24) is 4.31 Å². The van der Waals surface area contributed by atoms with Gasteiger partial charge in [-0.25, -0.2) is 21.2 Å². The van der Waals surface area contributed by atoms with Crippen molar-refractivity contribution in [1.29, 1.82) is 0 Å². The maximum absolute atomic E-state index is 13.3. The Morgan fingerprint density at radius 2 is 1.59 bits per heavy atom. The number of sulfonamides is 2. The maximum Gasteiger partial charge on any atom is 0.261 e. The van der Waals surface area contributed by atoms with Crippen LogP contribution in [0.3, 0.4) is 0 Å². The van der Waals surface area contributed by atoms with E-state index in [0.29, 0.717) is 0 Å². The number of hydrogen-bond acceptors (Lipinski definition) is 4. The van der Waals surface area contributed by atoms with Gasteiger partial charge >= 0.3 is 0 Å². The van der Waals surface area contributed by atoms with E-state index in [4.69, 9.17) is 23.2 Å². The standard InChI is InChI=1S/C16H17Cl2FN2O4S2/c1-3-21(4-2)27(24,25)16-9-11(5-7-13(16)17)20-26(22,23)12-6-8-15(19)14(18)10-12/h5-10,20H,3-4H2,1-2H3. The Balaban J connectivity index is 2.45. The van der Waals surface area contributed by atoms with E-state index < -0.39 is 25.9 Å². The summed E-state index contributed by atoms with van der Waals surface area (Å²) in [4.78, 5) is -0.484. The fourth-order valence-electron chi connectivity index (χ4n) is 2.33. The molecule has 2 rings (SSSR count). The Kier molecular flexibility index (Phi) is 6.75. The molecule has 0 aromatic heterocycles. The zero-order valence-electron chi connectivity index (χ0n) is 14.4. The average molecular weight is 455 g/mol. The molecule has 0 aliphatic rings. The summed E-state index contributed by atoms with van der Waals surface area (Å²) in [6.45, 7) is 3.83. The van der Waals surface area contributed by atoms with E-state index in [2.05, 4.69) is 4.72 Å². The molecule has 0 saturated heterocycles. The van der Waals surface area contributed by atoms with E-state index in [1.165, 1.54) is 16.4 Å². The molecule has 0 radical (unpaired) electrons. The fraction of sp³-hybridized carbons (Fsp3) is 0.250. The van der Waals surface area contributed by atoms with Gasteiger partial charge in [0.15, 0.2) is 0 Å². The zero-order valence-corrected chi connectivity index (χ0v) is 17.6. The fourth-order valence-corrected chi connectivity index (χ4v) is 5.60. The Labute approximate surface area is 168 Å². The van der Waals surface area contributed by atoms with Gasteiger partial charge in [0.05, 0.1) is 20.6 Å². The van der Waals surface area contributed by atoms with Crippen molar-refractivity contribution >= 4 is 48.9 Å². The second kappa shape index (κ2) is 8.32. The van der Waals surface area contributed by atoms with Crippen molar-refractivity contribution in [2.24, 2.45) is 0 Å². The Morgan fingerprint density at radius 1 is 0.963 bits per heavy atom. The maximum atomic E-state index is 13.3. The van der Waals surface area contributed by atoms with Crippen LogP contribution in [0.1, 0.15) is 13.8 Å². The first-order valence-corrected chi connectivity index (χ1v) is 11.5. The third kappa shape index (κ3) is 4.72. The Hall–Kier alpha value is -1.39. The molecule has 27 heavy (non-hydrogen) atoms. The largest absolute Gasteiger partial charge is 0.280 e. The minimum atomic E-state index is -4.11. The van der Waals surface area contributed by atoms with Crippen LogP contribution in [0.4, 0.5) is 10.1 Å². The number of rotatable bonds is 7. The molecule has 0 aliphatic carbocycles. The predicted octanol–water partition coefficient (Wildman–Crippen LogP) is 3.96. The van der Waals surface area contributed by atoms with Crippen molar-refractivity contribution in [2.75, 3.05) is 17.8 Å². The molecular weight excluding hydrogens is 438 g/mol. The van der Waals surface area contributed by atoms with Crippen molar-refractivity contribution in [3.8, 4) is 0 Å². The van der Waals surface area contributed by atoms with Gasteiger partial charge < -0.3 is 0 Å². The van der Waals surface area contributed by atoms with Crippen LogP contribution in [-0.4, -0.2) is 34.2 Å². The smallest absolute Gasteiger partial charge is 0.261 e. The monoisotopic (exact) mass is 454 g/mol. The number of benzene rings is 2. The molecule has 0 saturated carbocycles. The van der Waals surface area contributed by atoms with E-state index in [1.807, 2.05) is 0 Å². The molecule has 0 unspecified atom stereocenters. The molecule has 1 N–H and O–H groups in total. The molecule has 0 amide bonds. The molecular formula is C16H17Cl2FN2O4S2. The van der Waals surface area contributed by atoms with Gasteiger partial charge in [-0.2, -0.15) is 4.31 Å². The third-order valence-corrected chi connectivity index (χ3v) is 7.91. The SMILES string of the molecule is CCN(CC)S(=O)(=O)c1cc(NS(=O)(=O)c2ccc(F)c(Cl)c2)ccc1Cl. The van der Waals surface area contributed by atoms with Crippen LogP contribution in [0.2, 0.25) is 10.0 Å². The van der Waals surface area contributed by atoms with E-state index in [1.54, 1.807) is 13.8 Å². The number of nitrogens with one attached hydrogen (secondary N) is 1. The zero-order chi connectivity index (χ0) is 20.4. The molecule has 0 spiro atoms. The summed E-state index contributed by atoms with van der Waals surface area (Å²) in [7, 11) is -8.00. The number of anilines is 1. The summed E-state index contributed by atoms with van der Waals surface area (Å²) in [5.74, 6) is -0.755. The van der Waals surface area contributed by atoms with Crippen LogP contribution in [0.15, 0.2) is 46.2 Å². The van der Waals surface area contributed by atoms with E-state index >= 15 is 0 Å². The van der Waals surface area contributed by atoms with Crippen LogP contribution in [0.25, 0.3) is 0 Å². The quantitative estimate of drug-likeness (QED) is 0.685. The lowest BCUT2D eigenvalue weighted by molar-refractivity contribution is 0.445. The molecule has 148 valence electrons. The second-order valence-electron chi connectivity index (χ2n) is 5.42. The lowest BCUT2D eigenvalue weighted by Crippen LogP contribution is -2.30. The summed E-state index contributed by atoms with van der Waals surface area (Å²) in [5, 5.41) is -0.381. The number of nitrogens with zero attached hydrogens (tertiary/aromatic N) is 1. The molecule has 2 aromatic carbocycles. The highest BCUT2D eigenvalue weighted by molar-refractivity contribution is 7.92. The van der Waals surface area contributed by atoms with Gasteiger partial charge in [-0.15, -0.1) is 0 Å². The predicted molar refractivity (Wildman–Crippen MR) is 104 cm³/mol. The summed E-state index contributed by atoms with van der Waals surface area (Å²) >= 11 is 11.6. The van der Waals surface area contributed by atoms with Crippen LogP contribution in [-0.2, 0) is 20.0 Å². The molecule has 2 aromatic rings. The topological polar surface area (TPSA) is 83.6 Å². The normalized spacial score (nSPS) is 12.4. The van der Waals surface area contributed by atoms with Gasteiger partial charge in [-0.05, 0) is 36.4 Å². The van der Waals surface area contributed by atoms with Gasteiger partial charge in [0, 0.05) is 13.1 Å². The summed E-state index contributed by atoms with van der Waals surface area (Å²) in [5.41, 5.74) is -0.00872. The summed E-state index contributed by atoms with van der Waals surface area (Å²) < 4.78 is 67.0. The van der Waals surface area contributed by atoms with Gasteiger partial charge in [0.25, 0.3) is 10.0 Å². The van der Waals surface area contributed by atoms with Gasteiger partial charge in [0.2, 0.25) is 10.0 Å². The van der Waals surface area contributed by atoms with Crippen molar-refractivity contribution in [2.45, 2.75) is 23.6 Å². The minimum absolute atomic E-state index is 0.00872. The molecule has 0 fully saturated rings. The second-order valence-corrected chi connectivity index (χ2v) is 9.82. The lowest BCUT2D eigenvalue weighted by Gasteiger charge is -2.20. The number of halogens is 3. The van der Waals surface area contributed by atoms with Crippen LogP contribution >= 0.6 is 23.2 Å². The highest BCUT2D eigenvalue weighted by atomic mass is 35.5. The first-order chi connectivity index (χ1) is 12.5. The van der Waals surface area contributed by atoms with Crippen molar-refractivity contribution in [3.63, 3.8) is 0 Å². The van der Waals surface area contributed by atoms with Crippen molar-refractivity contribution in [3.05, 3.63) is 52.3 Å². The lowest BCUT2D eigenvalue weighted by atomic mass is 10.3. The highest BCUT2D eigenvalue weighted by Crippen LogP contribution is 2.29. The summed E-state index contributed by atoms with van der Waals surface area (Å²) in [6, 6.07) is 6.68. The van der Waals surface area contributed by atoms with Crippen LogP contribution in [0.5, 0.6) is 0 Å². The molecule has 6 nitrogen and oxygen atoms in total. The van der Waals surface area contributed by atoms with E-state index in [0.717, 1.165) is 24.3 Å². The van der Waals surface area contributed by atoms with Gasteiger partial charge in [0.1, 0.15) is 10.7 Å². The first-order valence-electron chi connectivity index (χ1n) is 7.80. The number of hydrogen-bond donors (Lipinski definition) is 1. The Bertz CT molecular complexity index is 1060.